The zero-order valence-corrected chi connectivity index (χ0v) is 11.7. The predicted octanol–water partition coefficient (Wildman–Crippen LogP) is 1.81. The highest BCUT2D eigenvalue weighted by Crippen LogP contribution is 2.21. The van der Waals surface area contributed by atoms with Crippen LogP contribution in [0.25, 0.3) is 0 Å². The molecule has 0 aliphatic carbocycles. The Morgan fingerprint density at radius 1 is 1.40 bits per heavy atom. The Morgan fingerprint density at radius 2 is 2.10 bits per heavy atom. The average Bonchev–Trinajstić information content (AvgIpc) is 2.80. The molecule has 0 spiro atoms. The third-order valence-corrected chi connectivity index (χ3v) is 3.76. The van der Waals surface area contributed by atoms with E-state index >= 15 is 0 Å². The molecule has 0 unspecified atom stereocenters. The molecule has 0 amide bonds. The van der Waals surface area contributed by atoms with Crippen molar-refractivity contribution in [3.05, 3.63) is 18.2 Å². The summed E-state index contributed by atoms with van der Waals surface area (Å²) < 4.78 is 40.1. The molecule has 4 nitrogen and oxygen atoms in total. The molecule has 0 saturated carbocycles. The number of piperidine rings is 1. The maximum absolute atomic E-state index is 12.7. The zero-order valence-electron chi connectivity index (χ0n) is 11.7. The van der Waals surface area contributed by atoms with E-state index in [1.807, 2.05) is 17.7 Å². The summed E-state index contributed by atoms with van der Waals surface area (Å²) in [4.78, 5) is 5.66. The van der Waals surface area contributed by atoms with Gasteiger partial charge in [-0.05, 0) is 32.9 Å². The minimum atomic E-state index is -4.14. The van der Waals surface area contributed by atoms with E-state index in [1.165, 1.54) is 0 Å². The van der Waals surface area contributed by atoms with Gasteiger partial charge in [0.1, 0.15) is 5.82 Å². The average molecular weight is 290 g/mol. The third kappa shape index (κ3) is 4.49. The van der Waals surface area contributed by atoms with Gasteiger partial charge in [0.2, 0.25) is 0 Å². The Morgan fingerprint density at radius 3 is 2.65 bits per heavy atom. The number of hydrogen-bond acceptors (Lipinski definition) is 3. The lowest BCUT2D eigenvalue weighted by atomic mass is 10.0. The summed E-state index contributed by atoms with van der Waals surface area (Å²) >= 11 is 0. The van der Waals surface area contributed by atoms with Crippen LogP contribution in [0.2, 0.25) is 0 Å². The summed E-state index contributed by atoms with van der Waals surface area (Å²) in [6, 6.07) is 0.0155. The van der Waals surface area contributed by atoms with Gasteiger partial charge >= 0.3 is 6.18 Å². The van der Waals surface area contributed by atoms with Crippen molar-refractivity contribution in [2.24, 2.45) is 0 Å². The molecular weight excluding hydrogens is 269 g/mol. The van der Waals surface area contributed by atoms with Crippen LogP contribution in [0, 0.1) is 6.92 Å². The van der Waals surface area contributed by atoms with Gasteiger partial charge in [0.15, 0.2) is 0 Å². The second-order valence-electron chi connectivity index (χ2n) is 5.23. The Kier molecular flexibility index (Phi) is 5.04. The van der Waals surface area contributed by atoms with Crippen molar-refractivity contribution in [1.29, 1.82) is 0 Å². The van der Waals surface area contributed by atoms with Crippen LogP contribution in [0.15, 0.2) is 12.4 Å². The zero-order chi connectivity index (χ0) is 14.6. The van der Waals surface area contributed by atoms with Crippen molar-refractivity contribution in [3.63, 3.8) is 0 Å². The second kappa shape index (κ2) is 6.58. The van der Waals surface area contributed by atoms with Crippen LogP contribution in [0.3, 0.4) is 0 Å². The van der Waals surface area contributed by atoms with Crippen molar-refractivity contribution in [2.45, 2.75) is 38.5 Å². The second-order valence-corrected chi connectivity index (χ2v) is 5.23. The molecule has 2 rings (SSSR count). The molecule has 0 bridgehead atoms. The van der Waals surface area contributed by atoms with Crippen LogP contribution < -0.4 is 5.32 Å². The Bertz CT molecular complexity index is 410. The van der Waals surface area contributed by atoms with E-state index < -0.39 is 12.7 Å². The van der Waals surface area contributed by atoms with Crippen LogP contribution in [-0.2, 0) is 6.54 Å². The first kappa shape index (κ1) is 15.3. The van der Waals surface area contributed by atoms with Crippen LogP contribution in [-0.4, -0.2) is 52.8 Å². The van der Waals surface area contributed by atoms with E-state index in [1.54, 1.807) is 11.1 Å². The van der Waals surface area contributed by atoms with E-state index in [-0.39, 0.29) is 6.04 Å². The molecule has 1 fully saturated rings. The Hall–Kier alpha value is -1.08. The molecule has 2 heterocycles. The molecule has 1 aromatic rings. The minimum Gasteiger partial charge on any atom is -0.334 e. The lowest BCUT2D eigenvalue weighted by molar-refractivity contribution is -0.152. The van der Waals surface area contributed by atoms with E-state index in [2.05, 4.69) is 10.3 Å². The predicted molar refractivity (Wildman–Crippen MR) is 70.5 cm³/mol. The lowest BCUT2D eigenvalue weighted by Crippen LogP contribution is -2.47. The van der Waals surface area contributed by atoms with Crippen LogP contribution in [0.4, 0.5) is 13.2 Å². The number of halogens is 3. The van der Waals surface area contributed by atoms with Gasteiger partial charge in [-0.15, -0.1) is 0 Å². The normalized spacial score (nSPS) is 17.9. The molecule has 1 saturated heterocycles. The number of nitrogens with zero attached hydrogens (tertiary/aromatic N) is 3. The molecule has 7 heteroatoms. The summed E-state index contributed by atoms with van der Waals surface area (Å²) in [7, 11) is 0. The summed E-state index contributed by atoms with van der Waals surface area (Å²) in [6.45, 7) is 3.57. The van der Waals surface area contributed by atoms with Gasteiger partial charge in [-0.2, -0.15) is 13.2 Å². The number of hydrogen-bond donors (Lipinski definition) is 1. The third-order valence-electron chi connectivity index (χ3n) is 3.76. The maximum Gasteiger partial charge on any atom is 0.401 e. The number of rotatable bonds is 5. The highest BCUT2D eigenvalue weighted by atomic mass is 19.4. The van der Waals surface area contributed by atoms with Crippen LogP contribution in [0.5, 0.6) is 0 Å². The number of alkyl halides is 3. The highest BCUT2D eigenvalue weighted by molar-refractivity contribution is 4.89. The summed E-state index contributed by atoms with van der Waals surface area (Å²) in [6.07, 6.45) is 0.893. The minimum absolute atomic E-state index is 0.0155. The Balaban J connectivity index is 1.96. The molecule has 0 aromatic carbocycles. The van der Waals surface area contributed by atoms with E-state index in [4.69, 9.17) is 0 Å². The van der Waals surface area contributed by atoms with E-state index in [9.17, 15) is 13.2 Å². The van der Waals surface area contributed by atoms with Crippen molar-refractivity contribution < 1.29 is 13.2 Å². The fourth-order valence-electron chi connectivity index (χ4n) is 2.67. The Labute approximate surface area is 117 Å². The smallest absolute Gasteiger partial charge is 0.334 e. The molecule has 1 aliphatic heterocycles. The molecular formula is C13H21F3N4. The molecule has 20 heavy (non-hydrogen) atoms. The van der Waals surface area contributed by atoms with Crippen molar-refractivity contribution in [3.8, 4) is 0 Å². The van der Waals surface area contributed by atoms with Crippen LogP contribution in [0.1, 0.15) is 18.7 Å². The summed E-state index contributed by atoms with van der Waals surface area (Å²) in [5.74, 6) is 0.835. The number of aromatic nitrogens is 2. The van der Waals surface area contributed by atoms with Gasteiger partial charge in [-0.1, -0.05) is 0 Å². The van der Waals surface area contributed by atoms with Crippen molar-refractivity contribution >= 4 is 0 Å². The number of nitrogens with one attached hydrogen (secondary N) is 1. The summed E-state index contributed by atoms with van der Waals surface area (Å²) in [5.41, 5.74) is 0. The molecule has 1 aromatic heterocycles. The van der Waals surface area contributed by atoms with Gasteiger partial charge in [0, 0.05) is 31.5 Å². The fraction of sp³-hybridized carbons (Fsp3) is 0.769. The largest absolute Gasteiger partial charge is 0.401 e. The molecule has 1 aliphatic rings. The van der Waals surface area contributed by atoms with Gasteiger partial charge in [-0.25, -0.2) is 4.98 Å². The SMILES string of the molecule is Cc1nccn1CCN(CC(F)(F)F)C1CCNCC1. The topological polar surface area (TPSA) is 33.1 Å². The molecule has 114 valence electrons. The molecule has 0 atom stereocenters. The standard InChI is InChI=1S/C13H21F3N4/c1-11-18-6-7-19(11)8-9-20(10-13(14,15)16)12-2-4-17-5-3-12/h6-7,12,17H,2-5,8-10H2,1H3. The van der Waals surface area contributed by atoms with E-state index in [0.717, 1.165) is 31.8 Å². The van der Waals surface area contributed by atoms with E-state index in [0.29, 0.717) is 13.1 Å². The quantitative estimate of drug-likeness (QED) is 0.898. The maximum atomic E-state index is 12.7. The number of aryl methyl sites for hydroxylation is 1. The molecule has 1 N–H and O–H groups in total. The first-order chi connectivity index (χ1) is 9.46. The fourth-order valence-corrected chi connectivity index (χ4v) is 2.67. The van der Waals surface area contributed by atoms with Crippen molar-refractivity contribution in [2.75, 3.05) is 26.2 Å². The molecule has 0 radical (unpaired) electrons. The van der Waals surface area contributed by atoms with Gasteiger partial charge in [-0.3, -0.25) is 4.90 Å². The summed E-state index contributed by atoms with van der Waals surface area (Å²) in [5, 5.41) is 3.19. The number of imidazole rings is 1. The monoisotopic (exact) mass is 290 g/mol. The van der Waals surface area contributed by atoms with Crippen molar-refractivity contribution in [1.82, 2.24) is 19.8 Å². The van der Waals surface area contributed by atoms with Crippen LogP contribution >= 0.6 is 0 Å². The highest BCUT2D eigenvalue weighted by Gasteiger charge is 2.34. The van der Waals surface area contributed by atoms with Gasteiger partial charge in [0.05, 0.1) is 6.54 Å². The first-order valence-corrected chi connectivity index (χ1v) is 6.95. The van der Waals surface area contributed by atoms with Gasteiger partial charge in [0.25, 0.3) is 0 Å². The first-order valence-electron chi connectivity index (χ1n) is 6.95. The van der Waals surface area contributed by atoms with Gasteiger partial charge < -0.3 is 9.88 Å². The lowest BCUT2D eigenvalue weighted by Gasteiger charge is -2.35.